The van der Waals surface area contributed by atoms with Crippen molar-refractivity contribution in [3.63, 3.8) is 0 Å². The monoisotopic (exact) mass is 517 g/mol. The molecule has 1 spiro atoms. The molecule has 2 aromatic rings. The second-order valence-electron chi connectivity index (χ2n) is 10.1. The van der Waals surface area contributed by atoms with Crippen LogP contribution in [0.4, 0.5) is 4.39 Å². The number of pyridine rings is 1. The number of aryl methyl sites for hydroxylation is 1. The Labute approximate surface area is 215 Å². The number of carbonyl (C=O) groups is 2. The predicted octanol–water partition coefficient (Wildman–Crippen LogP) is 5.74. The molecule has 2 heterocycles. The van der Waals surface area contributed by atoms with Crippen molar-refractivity contribution in [2.24, 2.45) is 11.3 Å². The van der Waals surface area contributed by atoms with Gasteiger partial charge in [0.1, 0.15) is 11.5 Å². The SMILES string of the molecule is CCCC1CC(=O)c2c(O)c(=O)c(C(=O)CCCc3cccc(Cl)c3F)cn2C[C@]12C[C@@H](OCC)C2. The van der Waals surface area contributed by atoms with Crippen molar-refractivity contribution in [3.8, 4) is 5.75 Å². The molecule has 194 valence electrons. The Morgan fingerprint density at radius 1 is 1.28 bits per heavy atom. The predicted molar refractivity (Wildman–Crippen MR) is 135 cm³/mol. The van der Waals surface area contributed by atoms with E-state index >= 15 is 0 Å². The molecular formula is C28H33ClFNO5. The van der Waals surface area contributed by atoms with Gasteiger partial charge in [0, 0.05) is 32.2 Å². The molecule has 1 N–H and O–H groups in total. The van der Waals surface area contributed by atoms with E-state index in [2.05, 4.69) is 6.92 Å². The Kier molecular flexibility index (Phi) is 8.00. The lowest BCUT2D eigenvalue weighted by atomic mass is 9.57. The van der Waals surface area contributed by atoms with Crippen LogP contribution >= 0.6 is 11.6 Å². The Bertz CT molecular complexity index is 1220. The molecule has 6 nitrogen and oxygen atoms in total. The lowest BCUT2D eigenvalue weighted by Crippen LogP contribution is -2.49. The highest BCUT2D eigenvalue weighted by Crippen LogP contribution is 2.54. The number of ether oxygens (including phenoxy) is 1. The first-order chi connectivity index (χ1) is 17.2. The van der Waals surface area contributed by atoms with Crippen LogP contribution in [-0.2, 0) is 17.7 Å². The number of nitrogens with zero attached hydrogens (tertiary/aromatic N) is 1. The second kappa shape index (κ2) is 10.9. The Morgan fingerprint density at radius 2 is 2.03 bits per heavy atom. The van der Waals surface area contributed by atoms with Crippen molar-refractivity contribution in [3.05, 3.63) is 62.3 Å². The maximum Gasteiger partial charge on any atom is 0.234 e. The number of benzene rings is 1. The number of hydrogen-bond donors (Lipinski definition) is 1. The van der Waals surface area contributed by atoms with E-state index in [-0.39, 0.29) is 58.8 Å². The summed E-state index contributed by atoms with van der Waals surface area (Å²) in [6.45, 7) is 5.12. The topological polar surface area (TPSA) is 85.6 Å². The minimum atomic E-state index is -0.822. The lowest BCUT2D eigenvalue weighted by molar-refractivity contribution is -0.113. The number of carbonyl (C=O) groups excluding carboxylic acids is 2. The van der Waals surface area contributed by atoms with Crippen LogP contribution < -0.4 is 5.43 Å². The van der Waals surface area contributed by atoms with E-state index in [4.69, 9.17) is 16.3 Å². The van der Waals surface area contributed by atoms with E-state index < -0.39 is 22.8 Å². The zero-order valence-corrected chi connectivity index (χ0v) is 21.6. The smallest absolute Gasteiger partial charge is 0.234 e. The highest BCUT2D eigenvalue weighted by atomic mass is 35.5. The van der Waals surface area contributed by atoms with Crippen LogP contribution in [-0.4, -0.2) is 34.0 Å². The van der Waals surface area contributed by atoms with Crippen molar-refractivity contribution >= 4 is 23.2 Å². The zero-order chi connectivity index (χ0) is 26.0. The molecule has 0 bridgehead atoms. The third-order valence-corrected chi connectivity index (χ3v) is 8.09. The van der Waals surface area contributed by atoms with E-state index in [0.717, 1.165) is 25.7 Å². The van der Waals surface area contributed by atoms with Gasteiger partial charge in [0.05, 0.1) is 16.7 Å². The van der Waals surface area contributed by atoms with Gasteiger partial charge in [-0.1, -0.05) is 37.1 Å². The van der Waals surface area contributed by atoms with Crippen LogP contribution in [0.15, 0.2) is 29.2 Å². The average molecular weight is 518 g/mol. The molecule has 0 saturated heterocycles. The minimum absolute atomic E-state index is 0.00391. The van der Waals surface area contributed by atoms with E-state index in [1.807, 2.05) is 6.92 Å². The number of fused-ring (bicyclic) bond motifs is 1. The fourth-order valence-electron chi connectivity index (χ4n) is 6.01. The van der Waals surface area contributed by atoms with Crippen LogP contribution in [0.2, 0.25) is 5.02 Å². The third-order valence-electron chi connectivity index (χ3n) is 7.79. The normalized spacial score (nSPS) is 23.3. The second-order valence-corrected chi connectivity index (χ2v) is 10.6. The molecule has 1 atom stereocenters. The van der Waals surface area contributed by atoms with E-state index in [0.29, 0.717) is 25.1 Å². The molecule has 4 rings (SSSR count). The van der Waals surface area contributed by atoms with E-state index in [9.17, 15) is 23.9 Å². The molecule has 1 aromatic carbocycles. The van der Waals surface area contributed by atoms with Crippen LogP contribution in [0.5, 0.6) is 5.75 Å². The number of Topliss-reactive ketones (excluding diaryl/α,β-unsaturated/α-hetero) is 2. The number of rotatable bonds is 9. The van der Waals surface area contributed by atoms with Gasteiger partial charge in [0.2, 0.25) is 5.43 Å². The summed E-state index contributed by atoms with van der Waals surface area (Å²) in [4.78, 5) is 39.1. The number of hydrogen-bond acceptors (Lipinski definition) is 5. The molecule has 1 fully saturated rings. The van der Waals surface area contributed by atoms with Crippen LogP contribution in [0.3, 0.4) is 0 Å². The van der Waals surface area contributed by atoms with Crippen molar-refractivity contribution in [1.29, 1.82) is 0 Å². The third kappa shape index (κ3) is 5.00. The number of aromatic nitrogens is 1. The molecule has 0 amide bonds. The first kappa shape index (κ1) is 26.6. The van der Waals surface area contributed by atoms with Gasteiger partial charge in [-0.05, 0) is 62.0 Å². The van der Waals surface area contributed by atoms with Gasteiger partial charge in [0.15, 0.2) is 17.3 Å². The van der Waals surface area contributed by atoms with Gasteiger partial charge in [-0.25, -0.2) is 4.39 Å². The molecule has 8 heteroatoms. The van der Waals surface area contributed by atoms with Crippen LogP contribution in [0.25, 0.3) is 0 Å². The maximum absolute atomic E-state index is 14.2. The van der Waals surface area contributed by atoms with Gasteiger partial charge in [0.25, 0.3) is 0 Å². The highest BCUT2D eigenvalue weighted by Gasteiger charge is 2.52. The molecule has 2 aliphatic rings. The summed E-state index contributed by atoms with van der Waals surface area (Å²) in [5.74, 6) is -1.75. The fourth-order valence-corrected chi connectivity index (χ4v) is 6.20. The molecule has 1 saturated carbocycles. The first-order valence-corrected chi connectivity index (χ1v) is 13.2. The van der Waals surface area contributed by atoms with Crippen molar-refractivity contribution in [2.75, 3.05) is 6.61 Å². The standard InChI is InChI=1S/C28H33ClFNO5/c1-3-7-18-12-23(33)25-27(35)26(34)20(15-31(25)16-28(18)13-19(14-28)36-4-2)22(32)11-6-9-17-8-5-10-21(29)24(17)30/h5,8,10,15,18-19,35H,3-4,6-7,9,11-14,16H2,1-2H3/t18?,19-,28-. The van der Waals surface area contributed by atoms with E-state index in [1.165, 1.54) is 12.3 Å². The lowest BCUT2D eigenvalue weighted by Gasteiger charge is -2.51. The summed E-state index contributed by atoms with van der Waals surface area (Å²) in [5.41, 5.74) is -0.740. The van der Waals surface area contributed by atoms with Crippen LogP contribution in [0.1, 0.15) is 85.2 Å². The zero-order valence-electron chi connectivity index (χ0n) is 20.8. The van der Waals surface area contributed by atoms with Gasteiger partial charge < -0.3 is 14.4 Å². The molecule has 0 radical (unpaired) electrons. The van der Waals surface area contributed by atoms with Gasteiger partial charge in [-0.15, -0.1) is 0 Å². The summed E-state index contributed by atoms with van der Waals surface area (Å²) < 4.78 is 21.6. The first-order valence-electron chi connectivity index (χ1n) is 12.8. The molecule has 1 aromatic heterocycles. The van der Waals surface area contributed by atoms with Crippen molar-refractivity contribution < 1.29 is 23.8 Å². The largest absolute Gasteiger partial charge is 0.503 e. The maximum atomic E-state index is 14.2. The molecule has 1 aliphatic heterocycles. The quantitative estimate of drug-likeness (QED) is 0.429. The Morgan fingerprint density at radius 3 is 2.72 bits per heavy atom. The van der Waals surface area contributed by atoms with Crippen molar-refractivity contribution in [1.82, 2.24) is 4.57 Å². The number of ketones is 2. The van der Waals surface area contributed by atoms with Gasteiger partial charge >= 0.3 is 0 Å². The molecule has 36 heavy (non-hydrogen) atoms. The van der Waals surface area contributed by atoms with E-state index in [1.54, 1.807) is 16.7 Å². The summed E-state index contributed by atoms with van der Waals surface area (Å²) in [6.07, 6.45) is 5.85. The summed E-state index contributed by atoms with van der Waals surface area (Å²) in [5, 5.41) is 10.8. The average Bonchev–Trinajstić information content (AvgIpc) is 2.93. The number of aromatic hydroxyl groups is 1. The fraction of sp³-hybridized carbons (Fsp3) is 0.536. The molecule has 1 aliphatic carbocycles. The Balaban J connectivity index is 1.59. The molecular weight excluding hydrogens is 485 g/mol. The summed E-state index contributed by atoms with van der Waals surface area (Å²) >= 11 is 5.83. The van der Waals surface area contributed by atoms with Gasteiger partial charge in [-0.3, -0.25) is 14.4 Å². The highest BCUT2D eigenvalue weighted by molar-refractivity contribution is 6.30. The summed E-state index contributed by atoms with van der Waals surface area (Å²) in [6, 6.07) is 4.72. The van der Waals surface area contributed by atoms with Crippen molar-refractivity contribution in [2.45, 2.75) is 77.9 Å². The number of halogens is 2. The minimum Gasteiger partial charge on any atom is -0.503 e. The van der Waals surface area contributed by atoms with Gasteiger partial charge in [-0.2, -0.15) is 0 Å². The summed E-state index contributed by atoms with van der Waals surface area (Å²) in [7, 11) is 0. The Hall–Kier alpha value is -2.51. The van der Waals surface area contributed by atoms with Crippen LogP contribution in [0, 0.1) is 17.2 Å². The molecule has 1 unspecified atom stereocenters.